The minimum Gasteiger partial charge on any atom is -0.444 e. The van der Waals surface area contributed by atoms with E-state index in [0.29, 0.717) is 48.8 Å². The monoisotopic (exact) mass is 835 g/mol. The van der Waals surface area contributed by atoms with E-state index >= 15 is 0 Å². The van der Waals surface area contributed by atoms with Gasteiger partial charge < -0.3 is 29.3 Å². The van der Waals surface area contributed by atoms with Gasteiger partial charge in [-0.25, -0.2) is 19.4 Å². The number of alkyl carbamates (subject to hydrolysis) is 1. The molecule has 1 fully saturated rings. The Hall–Kier alpha value is -3.51. The Kier molecular flexibility index (Phi) is 17.2. The van der Waals surface area contributed by atoms with Crippen LogP contribution in [0.1, 0.15) is 121 Å². The van der Waals surface area contributed by atoms with Gasteiger partial charge in [0.1, 0.15) is 22.6 Å². The van der Waals surface area contributed by atoms with Crippen LogP contribution in [0.2, 0.25) is 5.02 Å². The van der Waals surface area contributed by atoms with Gasteiger partial charge in [0, 0.05) is 45.6 Å². The maximum absolute atomic E-state index is 13.8. The first-order valence-electron chi connectivity index (χ1n) is 18.7. The number of rotatable bonds is 14. The summed E-state index contributed by atoms with van der Waals surface area (Å²) in [5.41, 5.74) is -0.00599. The van der Waals surface area contributed by atoms with E-state index < -0.39 is 35.1 Å². The van der Waals surface area contributed by atoms with Gasteiger partial charge in [0.05, 0.1) is 18.3 Å². The van der Waals surface area contributed by atoms with Crippen LogP contribution < -0.4 is 10.2 Å². The van der Waals surface area contributed by atoms with Crippen molar-refractivity contribution in [2.45, 2.75) is 145 Å². The van der Waals surface area contributed by atoms with E-state index in [1.807, 2.05) is 57.9 Å². The van der Waals surface area contributed by atoms with Crippen LogP contribution in [0.4, 0.5) is 20.1 Å². The lowest BCUT2D eigenvalue weighted by molar-refractivity contribution is 0.00850. The van der Waals surface area contributed by atoms with Gasteiger partial charge in [-0.05, 0) is 112 Å². The number of amides is 3. The van der Waals surface area contributed by atoms with Crippen molar-refractivity contribution in [1.29, 1.82) is 0 Å². The lowest BCUT2D eigenvalue weighted by atomic mass is 9.94. The number of carbonyl (C=O) groups excluding carboxylic acids is 3. The first-order valence-corrected chi connectivity index (χ1v) is 19.9. The second-order valence-corrected chi connectivity index (χ2v) is 17.8. The smallest absolute Gasteiger partial charge is 0.424 e. The van der Waals surface area contributed by atoms with E-state index in [2.05, 4.69) is 46.2 Å². The first-order chi connectivity index (χ1) is 24.9. The van der Waals surface area contributed by atoms with Crippen molar-refractivity contribution in [2.24, 2.45) is 10.9 Å². The van der Waals surface area contributed by atoms with Gasteiger partial charge in [-0.2, -0.15) is 4.90 Å². The SMILES string of the molecule is C=CN(Cc1c(Br)cc(Cl)cc1N1CC[C@@H](NC(=O)OC(C)(C)C)C1)C(/N=C\CCCC)=C(/C(=C)N(C(=O)OC(C)(C)C)C(=O)OC(C)(C)C)C(C)CC. The third kappa shape index (κ3) is 14.6. The summed E-state index contributed by atoms with van der Waals surface area (Å²) in [5.74, 6) is 0.244. The Morgan fingerprint density at radius 1 is 1.04 bits per heavy atom. The second kappa shape index (κ2) is 19.9. The number of hydrogen-bond acceptors (Lipinski definition) is 9. The predicted molar refractivity (Wildman–Crippen MR) is 223 cm³/mol. The number of allylic oxidation sites excluding steroid dienone is 1. The molecule has 0 aliphatic carbocycles. The molecule has 2 rings (SSSR count). The summed E-state index contributed by atoms with van der Waals surface area (Å²) in [4.78, 5) is 50.2. The van der Waals surface area contributed by atoms with Crippen molar-refractivity contribution in [1.82, 2.24) is 15.1 Å². The molecule has 1 aliphatic heterocycles. The Morgan fingerprint density at radius 3 is 2.11 bits per heavy atom. The number of imide groups is 1. The van der Waals surface area contributed by atoms with Crippen LogP contribution in [0.3, 0.4) is 0 Å². The molecule has 1 aromatic rings. The standard InChI is InChI=1S/C41H63BrClN5O6/c1-15-18-19-21-44-35(34(27(4)16-2)28(5)48(37(50)53-40(9,10)11)38(51)54-41(12,13)14)46(17-3)26-31-32(42)23-29(43)24-33(31)47-22-20-30(25-47)45-36(49)52-39(6,7)8/h17,21,23-24,27,30H,3,5,15-16,18-20,22,25-26H2,1-2,4,6-14H3,(H,45,49)/b35-34+,44-21-/t27?,30-/m1/s1. The van der Waals surface area contributed by atoms with Crippen molar-refractivity contribution in [3.63, 3.8) is 0 Å². The zero-order valence-corrected chi connectivity index (χ0v) is 36.9. The number of ether oxygens (including phenoxy) is 3. The van der Waals surface area contributed by atoms with Crippen molar-refractivity contribution in [2.75, 3.05) is 18.0 Å². The molecule has 1 aromatic carbocycles. The molecule has 3 amide bonds. The van der Waals surface area contributed by atoms with Crippen LogP contribution in [-0.2, 0) is 20.8 Å². The molecule has 0 saturated carbocycles. The van der Waals surface area contributed by atoms with Crippen LogP contribution in [0.25, 0.3) is 0 Å². The second-order valence-electron chi connectivity index (χ2n) is 16.5. The average Bonchev–Trinajstić information content (AvgIpc) is 3.47. The van der Waals surface area contributed by atoms with E-state index in [0.717, 1.165) is 33.5 Å². The van der Waals surface area contributed by atoms with E-state index in [-0.39, 0.29) is 24.2 Å². The molecule has 1 N–H and O–H groups in total. The van der Waals surface area contributed by atoms with Gasteiger partial charge in [0.25, 0.3) is 0 Å². The topological polar surface area (TPSA) is 113 Å². The third-order valence-electron chi connectivity index (χ3n) is 8.19. The highest BCUT2D eigenvalue weighted by molar-refractivity contribution is 9.10. The molecule has 54 heavy (non-hydrogen) atoms. The first kappa shape index (κ1) is 46.6. The third-order valence-corrected chi connectivity index (χ3v) is 9.11. The van der Waals surface area contributed by atoms with Crippen LogP contribution in [0.15, 0.2) is 58.0 Å². The molecule has 13 heteroatoms. The molecule has 0 spiro atoms. The molecule has 0 radical (unpaired) electrons. The fourth-order valence-electron chi connectivity index (χ4n) is 5.61. The fraction of sp³-hybridized carbons (Fsp3) is 0.610. The molecule has 1 unspecified atom stereocenters. The maximum Gasteiger partial charge on any atom is 0.424 e. The summed E-state index contributed by atoms with van der Waals surface area (Å²) in [5, 5.41) is 3.54. The Bertz CT molecular complexity index is 1540. The summed E-state index contributed by atoms with van der Waals surface area (Å²) < 4.78 is 17.7. The molecule has 0 aromatic heterocycles. The highest BCUT2D eigenvalue weighted by Crippen LogP contribution is 2.38. The maximum atomic E-state index is 13.8. The average molecular weight is 837 g/mol. The number of benzene rings is 1. The van der Waals surface area contributed by atoms with Gasteiger partial charge >= 0.3 is 18.3 Å². The molecule has 2 atom stereocenters. The normalized spacial score (nSPS) is 16.0. The van der Waals surface area contributed by atoms with Crippen molar-refractivity contribution < 1.29 is 28.6 Å². The molecule has 1 aliphatic rings. The molecule has 1 heterocycles. The minimum atomic E-state index is -0.909. The van der Waals surface area contributed by atoms with Gasteiger partial charge in [-0.3, -0.25) is 0 Å². The quantitative estimate of drug-likeness (QED) is 0.0853. The number of anilines is 1. The molecule has 11 nitrogen and oxygen atoms in total. The highest BCUT2D eigenvalue weighted by Gasteiger charge is 2.37. The van der Waals surface area contributed by atoms with Crippen LogP contribution >= 0.6 is 27.5 Å². The van der Waals surface area contributed by atoms with E-state index in [4.69, 9.17) is 30.8 Å². The number of nitrogens with one attached hydrogen (secondary N) is 1. The number of aliphatic imine (C=N–C) groups is 1. The molecule has 0 bridgehead atoms. The van der Waals surface area contributed by atoms with E-state index in [1.165, 1.54) is 0 Å². The van der Waals surface area contributed by atoms with Gasteiger partial charge in [-0.15, -0.1) is 0 Å². The Labute approximate surface area is 337 Å². The molecular weight excluding hydrogens is 774 g/mol. The summed E-state index contributed by atoms with van der Waals surface area (Å²) >= 11 is 10.4. The van der Waals surface area contributed by atoms with Crippen molar-refractivity contribution >= 4 is 57.7 Å². The number of carbonyl (C=O) groups is 3. The van der Waals surface area contributed by atoms with Crippen LogP contribution in [0, 0.1) is 5.92 Å². The van der Waals surface area contributed by atoms with Crippen LogP contribution in [-0.4, -0.2) is 70.2 Å². The van der Waals surface area contributed by atoms with Crippen molar-refractivity contribution in [3.05, 3.63) is 63.6 Å². The highest BCUT2D eigenvalue weighted by atomic mass is 79.9. The summed E-state index contributed by atoms with van der Waals surface area (Å²) in [7, 11) is 0. The lowest BCUT2D eigenvalue weighted by Crippen LogP contribution is -2.44. The number of hydrogen-bond donors (Lipinski definition) is 1. The number of nitrogens with zero attached hydrogens (tertiary/aromatic N) is 4. The van der Waals surface area contributed by atoms with Gasteiger partial charge in [0.2, 0.25) is 0 Å². The van der Waals surface area contributed by atoms with Crippen molar-refractivity contribution in [3.8, 4) is 0 Å². The molecule has 1 saturated heterocycles. The summed E-state index contributed by atoms with van der Waals surface area (Å²) in [6.07, 6.45) is 5.21. The fourth-order valence-corrected chi connectivity index (χ4v) is 6.53. The van der Waals surface area contributed by atoms with E-state index in [1.54, 1.807) is 47.7 Å². The van der Waals surface area contributed by atoms with E-state index in [9.17, 15) is 14.4 Å². The van der Waals surface area contributed by atoms with Gasteiger partial charge in [0.15, 0.2) is 0 Å². The summed E-state index contributed by atoms with van der Waals surface area (Å²) in [6.45, 7) is 32.0. The van der Waals surface area contributed by atoms with Gasteiger partial charge in [-0.1, -0.05) is 67.9 Å². The van der Waals surface area contributed by atoms with Crippen LogP contribution in [0.5, 0.6) is 0 Å². The number of halogens is 2. The predicted octanol–water partition coefficient (Wildman–Crippen LogP) is 11.4. The molecular formula is C41H63BrClN5O6. The molecule has 302 valence electrons. The minimum absolute atomic E-state index is 0.0911. The Balaban J connectivity index is 2.77. The summed E-state index contributed by atoms with van der Waals surface area (Å²) in [6, 6.07) is 3.61. The zero-order valence-electron chi connectivity index (χ0n) is 34.5. The lowest BCUT2D eigenvalue weighted by Gasteiger charge is -2.33. The Morgan fingerprint density at radius 2 is 1.61 bits per heavy atom. The largest absolute Gasteiger partial charge is 0.444 e. The number of unbranched alkanes of at least 4 members (excludes halogenated alkanes) is 2. The zero-order chi connectivity index (χ0) is 41.2.